The van der Waals surface area contributed by atoms with Crippen LogP contribution in [0.2, 0.25) is 0 Å². The topological polar surface area (TPSA) is 102 Å². The van der Waals surface area contributed by atoms with Gasteiger partial charge in [0.05, 0.1) is 24.4 Å². The normalized spacial score (nSPS) is 10.9. The lowest BCUT2D eigenvalue weighted by molar-refractivity contribution is 0.246. The van der Waals surface area contributed by atoms with Crippen LogP contribution in [0.15, 0.2) is 76.2 Å². The molecule has 0 bridgehead atoms. The third-order valence-corrected chi connectivity index (χ3v) is 4.63. The second-order valence-corrected chi connectivity index (χ2v) is 6.82. The van der Waals surface area contributed by atoms with Crippen molar-refractivity contribution in [3.63, 3.8) is 0 Å². The van der Waals surface area contributed by atoms with Crippen molar-refractivity contribution in [2.45, 2.75) is 6.54 Å². The molecule has 9 heteroatoms. The van der Waals surface area contributed by atoms with Crippen molar-refractivity contribution in [3.8, 4) is 34.3 Å². The number of hydrogen-bond acceptors (Lipinski definition) is 7. The Morgan fingerprint density at radius 1 is 1.06 bits per heavy atom. The van der Waals surface area contributed by atoms with Crippen LogP contribution < -0.4 is 15.7 Å². The van der Waals surface area contributed by atoms with E-state index < -0.39 is 11.4 Å². The van der Waals surface area contributed by atoms with Gasteiger partial charge in [0, 0.05) is 19.3 Å². The Kier molecular flexibility index (Phi) is 6.69. The first-order valence-corrected chi connectivity index (χ1v) is 10.0. The zero-order chi connectivity index (χ0) is 22.3. The lowest BCUT2D eigenvalue weighted by atomic mass is 10.0. The van der Waals surface area contributed by atoms with Crippen LogP contribution in [0.4, 0.5) is 4.39 Å². The number of nitrogens with zero attached hydrogens (tertiary/aromatic N) is 3. The van der Waals surface area contributed by atoms with Gasteiger partial charge >= 0.3 is 11.6 Å². The monoisotopic (exact) mass is 436 g/mol. The first kappa shape index (κ1) is 21.4. The maximum absolute atomic E-state index is 13.5. The summed E-state index contributed by atoms with van der Waals surface area (Å²) in [7, 11) is 0. The Morgan fingerprint density at radius 3 is 2.59 bits per heavy atom. The third kappa shape index (κ3) is 4.90. The molecule has 2 aromatic heterocycles. The summed E-state index contributed by atoms with van der Waals surface area (Å²) in [5, 5.41) is 12.0. The van der Waals surface area contributed by atoms with Crippen molar-refractivity contribution in [2.24, 2.45) is 0 Å². The minimum absolute atomic E-state index is 0.00455. The van der Waals surface area contributed by atoms with Crippen molar-refractivity contribution in [2.75, 3.05) is 19.7 Å². The van der Waals surface area contributed by atoms with E-state index in [4.69, 9.17) is 14.4 Å². The Balaban J connectivity index is 1.76. The van der Waals surface area contributed by atoms with E-state index in [2.05, 4.69) is 15.3 Å². The van der Waals surface area contributed by atoms with E-state index in [-0.39, 0.29) is 18.2 Å². The van der Waals surface area contributed by atoms with Gasteiger partial charge in [0.25, 0.3) is 0 Å². The highest BCUT2D eigenvalue weighted by Gasteiger charge is 2.22. The molecular formula is C23H21FN4O4. The fourth-order valence-corrected chi connectivity index (χ4v) is 3.20. The third-order valence-electron chi connectivity index (χ3n) is 4.63. The minimum Gasteiger partial charge on any atom is -0.424 e. The Hall–Kier alpha value is -3.82. The molecule has 0 aliphatic rings. The van der Waals surface area contributed by atoms with Crippen LogP contribution in [-0.2, 0) is 6.54 Å². The molecule has 4 rings (SSSR count). The highest BCUT2D eigenvalue weighted by molar-refractivity contribution is 5.78. The lowest BCUT2D eigenvalue weighted by Crippen LogP contribution is -2.23. The van der Waals surface area contributed by atoms with Gasteiger partial charge < -0.3 is 19.7 Å². The molecule has 0 saturated carbocycles. The number of nitrogens with one attached hydrogen (secondary N) is 1. The number of hydrogen-bond donors (Lipinski definition) is 2. The SMILES string of the molecule is O=c1on(CCNCCO)c(-c2ccnc(Oc3ccccc3)n2)c1-c1ccc(F)cc1. The molecule has 0 atom stereocenters. The number of aliphatic hydroxyl groups is 1. The maximum atomic E-state index is 13.5. The van der Waals surface area contributed by atoms with Gasteiger partial charge in [0.15, 0.2) is 0 Å². The van der Waals surface area contributed by atoms with Crippen molar-refractivity contribution < 1.29 is 18.8 Å². The van der Waals surface area contributed by atoms with Gasteiger partial charge in [0.2, 0.25) is 0 Å². The average Bonchev–Trinajstić information content (AvgIpc) is 3.14. The summed E-state index contributed by atoms with van der Waals surface area (Å²) in [6.07, 6.45) is 1.53. The molecule has 0 aliphatic heterocycles. The molecule has 0 aliphatic carbocycles. The first-order chi connectivity index (χ1) is 15.7. The van der Waals surface area contributed by atoms with Crippen LogP contribution in [-0.4, -0.2) is 39.5 Å². The van der Waals surface area contributed by atoms with E-state index in [9.17, 15) is 9.18 Å². The van der Waals surface area contributed by atoms with Crippen LogP contribution >= 0.6 is 0 Å². The van der Waals surface area contributed by atoms with Gasteiger partial charge in [-0.05, 0) is 35.9 Å². The molecule has 0 radical (unpaired) electrons. The zero-order valence-electron chi connectivity index (χ0n) is 17.1. The number of rotatable bonds is 9. The molecule has 2 heterocycles. The largest absolute Gasteiger partial charge is 0.424 e. The predicted octanol–water partition coefficient (Wildman–Crippen LogP) is 3.08. The van der Waals surface area contributed by atoms with E-state index in [0.29, 0.717) is 42.3 Å². The summed E-state index contributed by atoms with van der Waals surface area (Å²) in [5.41, 5.74) is 1.03. The zero-order valence-corrected chi connectivity index (χ0v) is 17.1. The van der Waals surface area contributed by atoms with Gasteiger partial charge in [-0.2, -0.15) is 4.98 Å². The molecule has 2 N–H and O–H groups in total. The molecule has 32 heavy (non-hydrogen) atoms. The summed E-state index contributed by atoms with van der Waals surface area (Å²) in [5.74, 6) is 0.161. The first-order valence-electron chi connectivity index (χ1n) is 10.0. The number of para-hydroxylation sites is 1. The molecule has 8 nitrogen and oxygen atoms in total. The van der Waals surface area contributed by atoms with Crippen molar-refractivity contribution in [3.05, 3.63) is 83.1 Å². The number of benzene rings is 2. The Bertz CT molecular complexity index is 1220. The number of aliphatic hydroxyl groups excluding tert-OH is 1. The molecule has 2 aromatic carbocycles. The van der Waals surface area contributed by atoms with Gasteiger partial charge in [-0.25, -0.2) is 18.9 Å². The molecule has 0 unspecified atom stereocenters. The maximum Gasteiger partial charge on any atom is 0.366 e. The molecule has 0 saturated heterocycles. The summed E-state index contributed by atoms with van der Waals surface area (Å²) >= 11 is 0. The Labute approximate surface area is 182 Å². The van der Waals surface area contributed by atoms with E-state index in [0.717, 1.165) is 0 Å². The standard InChI is InChI=1S/C23H21FN4O4/c24-17-8-6-16(7-9-17)20-21(28(32-22(20)30)14-12-25-13-15-29)19-10-11-26-23(27-19)31-18-4-2-1-3-5-18/h1-11,25,29H,12-15H2. The molecular weight excluding hydrogens is 415 g/mol. The van der Waals surface area contributed by atoms with Crippen LogP contribution in [0.25, 0.3) is 22.5 Å². The van der Waals surface area contributed by atoms with Crippen LogP contribution in [0, 0.1) is 5.82 Å². The molecule has 0 amide bonds. The summed E-state index contributed by atoms with van der Waals surface area (Å²) in [4.78, 5) is 21.4. The highest BCUT2D eigenvalue weighted by atomic mass is 19.1. The van der Waals surface area contributed by atoms with Crippen LogP contribution in [0.5, 0.6) is 11.8 Å². The fraction of sp³-hybridized carbons (Fsp3) is 0.174. The summed E-state index contributed by atoms with van der Waals surface area (Å²) < 4.78 is 26.1. The summed E-state index contributed by atoms with van der Waals surface area (Å²) in [6.45, 7) is 1.17. The van der Waals surface area contributed by atoms with Gasteiger partial charge in [0.1, 0.15) is 17.3 Å². The molecule has 0 spiro atoms. The van der Waals surface area contributed by atoms with Crippen LogP contribution in [0.3, 0.4) is 0 Å². The van der Waals surface area contributed by atoms with Gasteiger partial charge in [-0.1, -0.05) is 30.3 Å². The highest BCUT2D eigenvalue weighted by Crippen LogP contribution is 2.30. The van der Waals surface area contributed by atoms with Crippen molar-refractivity contribution in [1.29, 1.82) is 0 Å². The van der Waals surface area contributed by atoms with E-state index >= 15 is 0 Å². The number of aromatic nitrogens is 3. The molecule has 4 aromatic rings. The van der Waals surface area contributed by atoms with E-state index in [1.54, 1.807) is 18.2 Å². The average molecular weight is 436 g/mol. The van der Waals surface area contributed by atoms with Gasteiger partial charge in [-0.3, -0.25) is 0 Å². The lowest BCUT2D eigenvalue weighted by Gasteiger charge is -2.10. The molecule has 164 valence electrons. The van der Waals surface area contributed by atoms with E-state index in [1.807, 2.05) is 18.2 Å². The summed E-state index contributed by atoms with van der Waals surface area (Å²) in [6, 6.07) is 16.4. The second-order valence-electron chi connectivity index (χ2n) is 6.82. The Morgan fingerprint density at radius 2 is 1.84 bits per heavy atom. The number of ether oxygens (including phenoxy) is 1. The predicted molar refractivity (Wildman–Crippen MR) is 116 cm³/mol. The molecule has 0 fully saturated rings. The van der Waals surface area contributed by atoms with Crippen molar-refractivity contribution >= 4 is 0 Å². The van der Waals surface area contributed by atoms with Gasteiger partial charge in [-0.15, -0.1) is 0 Å². The minimum atomic E-state index is -0.571. The van der Waals surface area contributed by atoms with Crippen molar-refractivity contribution in [1.82, 2.24) is 20.0 Å². The smallest absolute Gasteiger partial charge is 0.366 e. The van der Waals surface area contributed by atoms with E-state index in [1.165, 1.54) is 35.2 Å². The fourth-order valence-electron chi connectivity index (χ4n) is 3.20. The quantitative estimate of drug-likeness (QED) is 0.389. The number of halogens is 1. The second kappa shape index (κ2) is 9.99. The van der Waals surface area contributed by atoms with Crippen LogP contribution in [0.1, 0.15) is 0 Å².